The number of carbonyl (C=O) groups excluding carboxylic acids is 1. The molecular weight excluding hydrogens is 430 g/mol. The van der Waals surface area contributed by atoms with Crippen molar-refractivity contribution < 1.29 is 26.8 Å². The number of alkyl halides is 4. The Labute approximate surface area is 178 Å². The average Bonchev–Trinajstić information content (AvgIpc) is 3.21. The van der Waals surface area contributed by atoms with Crippen molar-refractivity contribution in [3.8, 4) is 0 Å². The standard InChI is InChI=1S/C21H15F4N5O2/c1-20(22,30-17-11-26-15-8-9-32-19(15)29-17)13-3-5-14(6-4-13)28-18(31)12-2-7-16(27-10-12)21(23,24)25/h2-11H,1H3,(H,28,31)(H,29,30)/t20-/m1/s1. The monoisotopic (exact) mass is 445 g/mol. The van der Waals surface area contributed by atoms with Crippen LogP contribution in [0.4, 0.5) is 29.1 Å². The fraction of sp³-hybridized carbons (Fsp3) is 0.143. The van der Waals surface area contributed by atoms with Crippen molar-refractivity contribution in [2.45, 2.75) is 18.9 Å². The van der Waals surface area contributed by atoms with Crippen LogP contribution < -0.4 is 10.6 Å². The number of fused-ring (bicyclic) bond motifs is 1. The van der Waals surface area contributed by atoms with Gasteiger partial charge in [0.1, 0.15) is 11.2 Å². The van der Waals surface area contributed by atoms with Crippen molar-refractivity contribution in [2.75, 3.05) is 10.6 Å². The second kappa shape index (κ2) is 7.91. The first-order valence-corrected chi connectivity index (χ1v) is 9.24. The van der Waals surface area contributed by atoms with E-state index >= 15 is 4.39 Å². The van der Waals surface area contributed by atoms with Crippen LogP contribution >= 0.6 is 0 Å². The van der Waals surface area contributed by atoms with Gasteiger partial charge >= 0.3 is 6.18 Å². The molecule has 0 aliphatic rings. The molecular formula is C21H15F4N5O2. The summed E-state index contributed by atoms with van der Waals surface area (Å²) in [5.74, 6) is -2.50. The minimum absolute atomic E-state index is 0.0500. The summed E-state index contributed by atoms with van der Waals surface area (Å²) < 4.78 is 58.1. The fourth-order valence-electron chi connectivity index (χ4n) is 2.88. The summed E-state index contributed by atoms with van der Waals surface area (Å²) in [6, 6.07) is 9.21. The highest BCUT2D eigenvalue weighted by molar-refractivity contribution is 6.04. The van der Waals surface area contributed by atoms with Crippen molar-refractivity contribution in [3.63, 3.8) is 0 Å². The van der Waals surface area contributed by atoms with Gasteiger partial charge in [-0.2, -0.15) is 18.2 Å². The second-order valence-electron chi connectivity index (χ2n) is 6.96. The topological polar surface area (TPSA) is 92.9 Å². The van der Waals surface area contributed by atoms with Gasteiger partial charge in [0.15, 0.2) is 5.82 Å². The van der Waals surface area contributed by atoms with Gasteiger partial charge in [0.2, 0.25) is 11.5 Å². The van der Waals surface area contributed by atoms with Crippen LogP contribution in [0.1, 0.15) is 28.5 Å². The van der Waals surface area contributed by atoms with Gasteiger partial charge in [-0.1, -0.05) is 12.1 Å². The van der Waals surface area contributed by atoms with E-state index in [4.69, 9.17) is 4.42 Å². The number of hydrogen-bond acceptors (Lipinski definition) is 6. The number of aromatic nitrogens is 3. The van der Waals surface area contributed by atoms with Gasteiger partial charge in [-0.05, 0) is 31.2 Å². The van der Waals surface area contributed by atoms with Crippen LogP contribution in [-0.2, 0) is 12.0 Å². The van der Waals surface area contributed by atoms with Crippen molar-refractivity contribution >= 4 is 28.6 Å². The Kier molecular flexibility index (Phi) is 5.25. The number of nitrogens with one attached hydrogen (secondary N) is 2. The van der Waals surface area contributed by atoms with Crippen molar-refractivity contribution in [2.24, 2.45) is 0 Å². The number of benzene rings is 1. The van der Waals surface area contributed by atoms with Crippen LogP contribution in [0.5, 0.6) is 0 Å². The Hall–Kier alpha value is -4.02. The van der Waals surface area contributed by atoms with Gasteiger partial charge < -0.3 is 15.1 Å². The lowest BCUT2D eigenvalue weighted by Crippen LogP contribution is -2.27. The predicted molar refractivity (Wildman–Crippen MR) is 108 cm³/mol. The molecule has 164 valence electrons. The maximum atomic E-state index is 15.2. The molecule has 1 aromatic carbocycles. The zero-order chi connectivity index (χ0) is 22.9. The Morgan fingerprint density at radius 2 is 1.72 bits per heavy atom. The lowest BCUT2D eigenvalue weighted by molar-refractivity contribution is -0.141. The van der Waals surface area contributed by atoms with E-state index in [0.717, 1.165) is 18.3 Å². The first-order valence-electron chi connectivity index (χ1n) is 9.24. The summed E-state index contributed by atoms with van der Waals surface area (Å²) >= 11 is 0. The number of nitrogens with zero attached hydrogens (tertiary/aromatic N) is 3. The van der Waals surface area contributed by atoms with Gasteiger partial charge in [-0.15, -0.1) is 0 Å². The zero-order valence-electron chi connectivity index (χ0n) is 16.4. The van der Waals surface area contributed by atoms with Crippen LogP contribution in [0.25, 0.3) is 11.2 Å². The van der Waals surface area contributed by atoms with E-state index in [1.54, 1.807) is 6.07 Å². The minimum atomic E-state index is -4.59. The average molecular weight is 445 g/mol. The number of rotatable bonds is 5. The highest BCUT2D eigenvalue weighted by atomic mass is 19.4. The van der Waals surface area contributed by atoms with Gasteiger partial charge in [-0.3, -0.25) is 9.78 Å². The molecule has 0 spiro atoms. The quantitative estimate of drug-likeness (QED) is 0.326. The number of halogens is 4. The van der Waals surface area contributed by atoms with Gasteiger partial charge in [-0.25, -0.2) is 9.37 Å². The smallest absolute Gasteiger partial charge is 0.433 e. The molecule has 32 heavy (non-hydrogen) atoms. The Balaban J connectivity index is 1.44. The first kappa shape index (κ1) is 21.2. The molecule has 3 aromatic heterocycles. The zero-order valence-corrected chi connectivity index (χ0v) is 16.4. The SMILES string of the molecule is C[C@@](F)(Nc1cnc2ccoc2n1)c1ccc(NC(=O)c2ccc(C(F)(F)F)nc2)cc1. The van der Waals surface area contributed by atoms with Crippen LogP contribution in [0, 0.1) is 0 Å². The fourth-order valence-corrected chi connectivity index (χ4v) is 2.88. The van der Waals surface area contributed by atoms with E-state index in [9.17, 15) is 18.0 Å². The van der Waals surface area contributed by atoms with Crippen LogP contribution in [0.2, 0.25) is 0 Å². The van der Waals surface area contributed by atoms with E-state index in [0.29, 0.717) is 11.2 Å². The Bertz CT molecular complexity index is 1250. The molecule has 0 saturated heterocycles. The van der Waals surface area contributed by atoms with Crippen LogP contribution in [-0.4, -0.2) is 20.9 Å². The summed E-state index contributed by atoms with van der Waals surface area (Å²) in [5, 5.41) is 5.16. The Morgan fingerprint density at radius 3 is 2.38 bits per heavy atom. The highest BCUT2D eigenvalue weighted by Gasteiger charge is 2.32. The van der Waals surface area contributed by atoms with Gasteiger partial charge in [0.25, 0.3) is 5.91 Å². The number of furan rings is 1. The highest BCUT2D eigenvalue weighted by Crippen LogP contribution is 2.29. The molecule has 4 aromatic rings. The summed E-state index contributed by atoms with van der Waals surface area (Å²) in [7, 11) is 0. The number of amides is 1. The maximum Gasteiger partial charge on any atom is 0.433 e. The van der Waals surface area contributed by atoms with Crippen molar-refractivity contribution in [3.05, 3.63) is 77.9 Å². The number of carbonyl (C=O) groups is 1. The molecule has 0 unspecified atom stereocenters. The molecule has 3 heterocycles. The molecule has 0 saturated carbocycles. The van der Waals surface area contributed by atoms with E-state index < -0.39 is 23.6 Å². The molecule has 0 aliphatic heterocycles. The number of anilines is 2. The van der Waals surface area contributed by atoms with Gasteiger partial charge in [0.05, 0.1) is 18.0 Å². The maximum absolute atomic E-state index is 15.2. The predicted octanol–water partition coefficient (Wildman–Crippen LogP) is 5.14. The van der Waals surface area contributed by atoms with E-state index in [2.05, 4.69) is 25.6 Å². The second-order valence-corrected chi connectivity index (χ2v) is 6.96. The van der Waals surface area contributed by atoms with Crippen LogP contribution in [0.3, 0.4) is 0 Å². The lowest BCUT2D eigenvalue weighted by Gasteiger charge is -2.23. The molecule has 1 amide bonds. The third kappa shape index (κ3) is 4.51. The summed E-state index contributed by atoms with van der Waals surface area (Å²) in [4.78, 5) is 23.8. The van der Waals surface area contributed by atoms with Crippen molar-refractivity contribution in [1.82, 2.24) is 15.0 Å². The van der Waals surface area contributed by atoms with Crippen molar-refractivity contribution in [1.29, 1.82) is 0 Å². The molecule has 2 N–H and O–H groups in total. The van der Waals surface area contributed by atoms with E-state index in [1.807, 2.05) is 0 Å². The molecule has 0 radical (unpaired) electrons. The molecule has 7 nitrogen and oxygen atoms in total. The molecule has 1 atom stereocenters. The van der Waals surface area contributed by atoms with Crippen LogP contribution in [0.15, 0.2) is 65.5 Å². The van der Waals surface area contributed by atoms with E-state index in [1.165, 1.54) is 43.6 Å². The minimum Gasteiger partial charge on any atom is -0.445 e. The third-order valence-corrected chi connectivity index (χ3v) is 4.54. The first-order chi connectivity index (χ1) is 15.1. The molecule has 0 fully saturated rings. The molecule has 0 bridgehead atoms. The summed E-state index contributed by atoms with van der Waals surface area (Å²) in [6.45, 7) is 1.29. The lowest BCUT2D eigenvalue weighted by atomic mass is 10.1. The molecule has 0 aliphatic carbocycles. The molecule has 11 heteroatoms. The largest absolute Gasteiger partial charge is 0.445 e. The summed E-state index contributed by atoms with van der Waals surface area (Å²) in [5.41, 5.74) is 0.232. The Morgan fingerprint density at radius 1 is 0.969 bits per heavy atom. The third-order valence-electron chi connectivity index (χ3n) is 4.54. The normalized spacial score (nSPS) is 13.5. The van der Waals surface area contributed by atoms with E-state index in [-0.39, 0.29) is 22.7 Å². The molecule has 4 rings (SSSR count). The summed E-state index contributed by atoms with van der Waals surface area (Å²) in [6.07, 6.45) is -0.946. The van der Waals surface area contributed by atoms with Gasteiger partial charge in [0, 0.05) is 23.5 Å². The number of hydrogen-bond donors (Lipinski definition) is 2. The number of pyridine rings is 1.